The van der Waals surface area contributed by atoms with Gasteiger partial charge in [-0.3, -0.25) is 4.79 Å². The Hall–Kier alpha value is -5.35. The zero-order valence-corrected chi connectivity index (χ0v) is 28.1. The standard InChI is InChI=1S/C40H34FN3O6/c1-5-40(48)28-16-31-34-26(18-44(31)36(45)27(28)19-49-37(40)46)33-32-21(20(2)29(41)17-30(32)42-34)14-15-39(33,3)43(4)38(47)50-35-24-12-8-6-10-22(24)23-11-7-9-13-25(23)35/h6-13,16-17,35,48H,5,14-15,18-19H2,1-4H3/t39?,40-/m0/s1. The lowest BCUT2D eigenvalue weighted by Gasteiger charge is -2.44. The smallest absolute Gasteiger partial charge is 0.411 e. The third-order valence-electron chi connectivity index (χ3n) is 11.7. The summed E-state index contributed by atoms with van der Waals surface area (Å²) in [6.45, 7) is 5.29. The molecule has 9 rings (SSSR count). The summed E-state index contributed by atoms with van der Waals surface area (Å²) in [6.07, 6.45) is -0.121. The fourth-order valence-electron chi connectivity index (χ4n) is 8.74. The van der Waals surface area contributed by atoms with E-state index in [0.717, 1.165) is 44.3 Å². The number of rotatable bonds is 3. The van der Waals surface area contributed by atoms with E-state index in [1.165, 1.54) is 6.07 Å². The number of aryl methyl sites for hydroxylation is 1. The van der Waals surface area contributed by atoms with Gasteiger partial charge in [0, 0.05) is 40.8 Å². The predicted molar refractivity (Wildman–Crippen MR) is 183 cm³/mol. The van der Waals surface area contributed by atoms with Crippen molar-refractivity contribution in [2.24, 2.45) is 0 Å². The number of hydrogen-bond donors (Lipinski definition) is 1. The Kier molecular flexibility index (Phi) is 6.34. The molecular weight excluding hydrogens is 637 g/mol. The molecule has 2 aliphatic carbocycles. The molecule has 2 aromatic heterocycles. The second-order valence-electron chi connectivity index (χ2n) is 14.0. The summed E-state index contributed by atoms with van der Waals surface area (Å²) in [5, 5.41) is 12.2. The van der Waals surface area contributed by atoms with Crippen LogP contribution in [0, 0.1) is 12.7 Å². The molecule has 50 heavy (non-hydrogen) atoms. The van der Waals surface area contributed by atoms with Crippen molar-refractivity contribution in [1.82, 2.24) is 14.5 Å². The highest BCUT2D eigenvalue weighted by Gasteiger charge is 2.48. The Morgan fingerprint density at radius 2 is 1.76 bits per heavy atom. The fraction of sp³-hybridized carbons (Fsp3) is 0.300. The number of halogens is 1. The van der Waals surface area contributed by atoms with Crippen molar-refractivity contribution in [3.63, 3.8) is 0 Å². The molecule has 0 fully saturated rings. The largest absolute Gasteiger partial charge is 0.458 e. The highest BCUT2D eigenvalue weighted by atomic mass is 19.1. The van der Waals surface area contributed by atoms with E-state index in [1.54, 1.807) is 36.4 Å². The lowest BCUT2D eigenvalue weighted by molar-refractivity contribution is -0.172. The Morgan fingerprint density at radius 3 is 2.44 bits per heavy atom. The second-order valence-corrected chi connectivity index (χ2v) is 14.0. The number of esters is 1. The van der Waals surface area contributed by atoms with E-state index in [2.05, 4.69) is 0 Å². The summed E-state index contributed by atoms with van der Waals surface area (Å²) in [4.78, 5) is 47.7. The average Bonchev–Trinajstić information content (AvgIpc) is 3.65. The Morgan fingerprint density at radius 1 is 1.08 bits per heavy atom. The van der Waals surface area contributed by atoms with E-state index in [9.17, 15) is 19.5 Å². The molecule has 0 saturated heterocycles. The Balaban J connectivity index is 1.21. The van der Waals surface area contributed by atoms with Gasteiger partial charge in [0.2, 0.25) is 0 Å². The van der Waals surface area contributed by atoms with Gasteiger partial charge in [-0.25, -0.2) is 19.0 Å². The topological polar surface area (TPSA) is 111 Å². The molecule has 4 heterocycles. The van der Waals surface area contributed by atoms with E-state index < -0.39 is 34.9 Å². The van der Waals surface area contributed by atoms with Crippen LogP contribution < -0.4 is 5.56 Å². The number of aromatic nitrogens is 2. The van der Waals surface area contributed by atoms with Gasteiger partial charge in [0.1, 0.15) is 12.4 Å². The van der Waals surface area contributed by atoms with Crippen LogP contribution in [0.4, 0.5) is 9.18 Å². The maximum absolute atomic E-state index is 15.5. The van der Waals surface area contributed by atoms with Crippen molar-refractivity contribution < 1.29 is 28.6 Å². The fourth-order valence-corrected chi connectivity index (χ4v) is 8.74. The molecule has 252 valence electrons. The molecule has 10 heteroatoms. The number of aliphatic hydroxyl groups is 1. The van der Waals surface area contributed by atoms with E-state index in [4.69, 9.17) is 14.5 Å². The van der Waals surface area contributed by atoms with Crippen LogP contribution in [0.15, 0.2) is 65.5 Å². The summed E-state index contributed by atoms with van der Waals surface area (Å²) >= 11 is 0. The number of cyclic esters (lactones) is 1. The normalized spacial score (nSPS) is 21.2. The van der Waals surface area contributed by atoms with E-state index >= 15 is 4.39 Å². The third-order valence-corrected chi connectivity index (χ3v) is 11.7. The number of hydrogen-bond acceptors (Lipinski definition) is 7. The molecule has 1 unspecified atom stereocenters. The van der Waals surface area contributed by atoms with Gasteiger partial charge in [-0.15, -0.1) is 0 Å². The number of fused-ring (bicyclic) bond motifs is 8. The van der Waals surface area contributed by atoms with Gasteiger partial charge in [-0.1, -0.05) is 55.5 Å². The molecule has 0 bridgehead atoms. The minimum absolute atomic E-state index is 0.0136. The van der Waals surface area contributed by atoms with Crippen molar-refractivity contribution in [1.29, 1.82) is 0 Å². The van der Waals surface area contributed by atoms with Crippen molar-refractivity contribution in [3.05, 3.63) is 121 Å². The van der Waals surface area contributed by atoms with Crippen LogP contribution >= 0.6 is 0 Å². The van der Waals surface area contributed by atoms with Crippen molar-refractivity contribution in [3.8, 4) is 22.5 Å². The molecule has 2 atom stereocenters. The SMILES string of the molecule is CC[C@@]1(O)C(=O)OCc2c1cc1n(c2=O)Cc2c-1nc1cc(F)c(C)c3c1c2C(C)(N(C)C(=O)OC1c2ccccc2-c2ccccc21)CC3. The quantitative estimate of drug-likeness (QED) is 0.213. The average molecular weight is 672 g/mol. The first-order valence-corrected chi connectivity index (χ1v) is 16.9. The second kappa shape index (κ2) is 10.3. The summed E-state index contributed by atoms with van der Waals surface area (Å²) in [5.41, 5.74) is 5.14. The van der Waals surface area contributed by atoms with Crippen LogP contribution in [0.1, 0.15) is 77.3 Å². The molecule has 0 saturated carbocycles. The van der Waals surface area contributed by atoms with Gasteiger partial charge in [-0.2, -0.15) is 0 Å². The number of benzene rings is 3. The minimum Gasteiger partial charge on any atom is -0.458 e. The highest BCUT2D eigenvalue weighted by Crippen LogP contribution is 2.51. The van der Waals surface area contributed by atoms with Gasteiger partial charge < -0.3 is 24.0 Å². The lowest BCUT2D eigenvalue weighted by Crippen LogP contribution is -2.48. The Bertz CT molecular complexity index is 2390. The maximum Gasteiger partial charge on any atom is 0.411 e. The first kappa shape index (κ1) is 30.7. The molecule has 3 aromatic carbocycles. The molecule has 0 radical (unpaired) electrons. The van der Waals surface area contributed by atoms with Crippen LogP contribution in [0.25, 0.3) is 33.4 Å². The monoisotopic (exact) mass is 671 g/mol. The first-order chi connectivity index (χ1) is 24.0. The van der Waals surface area contributed by atoms with Crippen LogP contribution in [-0.2, 0) is 45.0 Å². The molecule has 5 aromatic rings. The zero-order valence-electron chi connectivity index (χ0n) is 28.1. The highest BCUT2D eigenvalue weighted by molar-refractivity contribution is 5.94. The van der Waals surface area contributed by atoms with Gasteiger partial charge in [-0.05, 0) is 67.0 Å². The van der Waals surface area contributed by atoms with Gasteiger partial charge in [0.05, 0.1) is 34.6 Å². The van der Waals surface area contributed by atoms with Crippen LogP contribution in [0.2, 0.25) is 0 Å². The molecular formula is C40H34FN3O6. The number of amides is 1. The Labute approximate surface area is 286 Å². The zero-order chi connectivity index (χ0) is 34.9. The van der Waals surface area contributed by atoms with E-state index in [1.807, 2.05) is 55.5 Å². The molecule has 1 amide bonds. The molecule has 9 nitrogen and oxygen atoms in total. The van der Waals surface area contributed by atoms with Gasteiger partial charge >= 0.3 is 12.1 Å². The van der Waals surface area contributed by atoms with Gasteiger partial charge in [0.25, 0.3) is 5.56 Å². The summed E-state index contributed by atoms with van der Waals surface area (Å²) in [5.74, 6) is -1.19. The summed E-state index contributed by atoms with van der Waals surface area (Å²) < 4.78 is 28.7. The van der Waals surface area contributed by atoms with Crippen LogP contribution in [-0.4, -0.2) is 38.7 Å². The maximum atomic E-state index is 15.5. The number of ether oxygens (including phenoxy) is 2. The summed E-state index contributed by atoms with van der Waals surface area (Å²) in [7, 11) is 1.73. The number of pyridine rings is 2. The first-order valence-electron chi connectivity index (χ1n) is 16.9. The lowest BCUT2D eigenvalue weighted by atomic mass is 9.73. The van der Waals surface area contributed by atoms with Crippen molar-refractivity contribution in [2.45, 2.75) is 70.4 Å². The van der Waals surface area contributed by atoms with Crippen molar-refractivity contribution >= 4 is 23.0 Å². The van der Waals surface area contributed by atoms with E-state index in [0.29, 0.717) is 35.3 Å². The van der Waals surface area contributed by atoms with Crippen LogP contribution in [0.3, 0.4) is 0 Å². The van der Waals surface area contributed by atoms with E-state index in [-0.39, 0.29) is 36.5 Å². The molecule has 2 aliphatic heterocycles. The number of carbonyl (C=O) groups is 2. The van der Waals surface area contributed by atoms with Gasteiger partial charge in [0.15, 0.2) is 11.7 Å². The predicted octanol–water partition coefficient (Wildman–Crippen LogP) is 6.53. The number of nitrogens with zero attached hydrogens (tertiary/aromatic N) is 3. The number of carbonyl (C=O) groups excluding carboxylic acids is 2. The van der Waals surface area contributed by atoms with Crippen LogP contribution in [0.5, 0.6) is 0 Å². The molecule has 0 spiro atoms. The molecule has 4 aliphatic rings. The third kappa shape index (κ3) is 3.85. The summed E-state index contributed by atoms with van der Waals surface area (Å²) in [6, 6.07) is 18.9. The van der Waals surface area contributed by atoms with Crippen molar-refractivity contribution in [2.75, 3.05) is 7.05 Å². The minimum atomic E-state index is -1.98. The molecule has 1 N–H and O–H groups in total.